The maximum absolute atomic E-state index is 13.5. The van der Waals surface area contributed by atoms with Crippen LogP contribution in [0.15, 0.2) is 18.2 Å². The van der Waals surface area contributed by atoms with E-state index in [0.29, 0.717) is 0 Å². The van der Waals surface area contributed by atoms with Gasteiger partial charge in [0.2, 0.25) is 11.8 Å². The molecule has 0 aromatic heterocycles. The molecule has 1 heterocycles. The second-order valence-corrected chi connectivity index (χ2v) is 4.20. The number of benzene rings is 1. The lowest BCUT2D eigenvalue weighted by Crippen LogP contribution is -2.35. The van der Waals surface area contributed by atoms with E-state index in [1.165, 1.54) is 12.1 Å². The highest BCUT2D eigenvalue weighted by Gasteiger charge is 2.22. The van der Waals surface area contributed by atoms with Crippen molar-refractivity contribution >= 4 is 17.5 Å². The predicted molar refractivity (Wildman–Crippen MR) is 64.6 cm³/mol. The van der Waals surface area contributed by atoms with Crippen LogP contribution in [-0.4, -0.2) is 24.4 Å². The lowest BCUT2D eigenvalue weighted by Gasteiger charge is -2.12. The van der Waals surface area contributed by atoms with Crippen LogP contribution in [-0.2, 0) is 4.79 Å². The normalized spacial score (nSPS) is 18.6. The van der Waals surface area contributed by atoms with E-state index in [-0.39, 0.29) is 23.2 Å². The van der Waals surface area contributed by atoms with Crippen LogP contribution < -0.4 is 16.4 Å². The molecule has 0 spiro atoms. The Bertz CT molecular complexity index is 484. The number of anilines is 1. The van der Waals surface area contributed by atoms with Gasteiger partial charge in [0.05, 0.1) is 11.7 Å². The van der Waals surface area contributed by atoms with Crippen molar-refractivity contribution in [2.75, 3.05) is 11.9 Å². The Morgan fingerprint density at radius 3 is 2.83 bits per heavy atom. The standard InChI is InChI=1S/C12H14FN3O2/c13-8-4-3-7(11(14)17)6-10(8)16-12(18)9-2-1-5-15-9/h3-4,6,9,15H,1-2,5H2,(H2,14,17)(H,16,18)/t9-/m0/s1. The summed E-state index contributed by atoms with van der Waals surface area (Å²) in [6.45, 7) is 0.780. The summed E-state index contributed by atoms with van der Waals surface area (Å²) in [5.74, 6) is -1.55. The Balaban J connectivity index is 2.14. The molecule has 96 valence electrons. The highest BCUT2D eigenvalue weighted by Crippen LogP contribution is 2.17. The Labute approximate surface area is 104 Å². The van der Waals surface area contributed by atoms with Crippen molar-refractivity contribution in [3.63, 3.8) is 0 Å². The third kappa shape index (κ3) is 2.65. The molecule has 1 aromatic rings. The lowest BCUT2D eigenvalue weighted by atomic mass is 10.1. The molecular formula is C12H14FN3O2. The second-order valence-electron chi connectivity index (χ2n) is 4.20. The van der Waals surface area contributed by atoms with E-state index in [2.05, 4.69) is 10.6 Å². The fourth-order valence-electron chi connectivity index (χ4n) is 1.90. The summed E-state index contributed by atoms with van der Waals surface area (Å²) >= 11 is 0. The molecule has 1 aliphatic heterocycles. The minimum absolute atomic E-state index is 0.0231. The summed E-state index contributed by atoms with van der Waals surface area (Å²) in [6, 6.07) is 3.32. The molecule has 0 radical (unpaired) electrons. The SMILES string of the molecule is NC(=O)c1ccc(F)c(NC(=O)[C@@H]2CCCN2)c1. The van der Waals surface area contributed by atoms with E-state index in [1.807, 2.05) is 0 Å². The smallest absolute Gasteiger partial charge is 0.248 e. The van der Waals surface area contributed by atoms with Crippen LogP contribution in [0.4, 0.5) is 10.1 Å². The topological polar surface area (TPSA) is 84.2 Å². The van der Waals surface area contributed by atoms with E-state index >= 15 is 0 Å². The molecule has 1 aromatic carbocycles. The molecule has 6 heteroatoms. The van der Waals surface area contributed by atoms with Crippen molar-refractivity contribution in [1.29, 1.82) is 0 Å². The van der Waals surface area contributed by atoms with E-state index in [1.54, 1.807) is 0 Å². The molecule has 0 saturated carbocycles. The zero-order valence-corrected chi connectivity index (χ0v) is 9.70. The van der Waals surface area contributed by atoms with Crippen LogP contribution in [0.2, 0.25) is 0 Å². The van der Waals surface area contributed by atoms with Crippen molar-refractivity contribution in [3.05, 3.63) is 29.6 Å². The first-order valence-electron chi connectivity index (χ1n) is 5.71. The van der Waals surface area contributed by atoms with Crippen LogP contribution >= 0.6 is 0 Å². The Morgan fingerprint density at radius 2 is 2.22 bits per heavy atom. The summed E-state index contributed by atoms with van der Waals surface area (Å²) < 4.78 is 13.5. The van der Waals surface area contributed by atoms with Crippen molar-refractivity contribution in [2.24, 2.45) is 5.73 Å². The van der Waals surface area contributed by atoms with Crippen LogP contribution in [0.25, 0.3) is 0 Å². The van der Waals surface area contributed by atoms with Gasteiger partial charge in [0.15, 0.2) is 0 Å². The van der Waals surface area contributed by atoms with E-state index in [9.17, 15) is 14.0 Å². The Morgan fingerprint density at radius 1 is 1.44 bits per heavy atom. The summed E-state index contributed by atoms with van der Waals surface area (Å²) in [4.78, 5) is 22.8. The maximum Gasteiger partial charge on any atom is 0.248 e. The fraction of sp³-hybridized carbons (Fsp3) is 0.333. The number of amides is 2. The first-order chi connectivity index (χ1) is 8.58. The number of hydrogen-bond acceptors (Lipinski definition) is 3. The Kier molecular flexibility index (Phi) is 3.57. The first-order valence-corrected chi connectivity index (χ1v) is 5.71. The number of primary amides is 1. The summed E-state index contributed by atoms with van der Waals surface area (Å²) in [7, 11) is 0. The lowest BCUT2D eigenvalue weighted by molar-refractivity contribution is -0.117. The molecule has 5 nitrogen and oxygen atoms in total. The van der Waals surface area contributed by atoms with E-state index < -0.39 is 11.7 Å². The van der Waals surface area contributed by atoms with E-state index in [0.717, 1.165) is 25.5 Å². The largest absolute Gasteiger partial charge is 0.366 e. The monoisotopic (exact) mass is 251 g/mol. The van der Waals surface area contributed by atoms with Crippen LogP contribution in [0, 0.1) is 5.82 Å². The highest BCUT2D eigenvalue weighted by molar-refractivity contribution is 5.98. The molecule has 1 fully saturated rings. The van der Waals surface area contributed by atoms with Crippen molar-refractivity contribution in [2.45, 2.75) is 18.9 Å². The summed E-state index contributed by atoms with van der Waals surface area (Å²) in [6.07, 6.45) is 1.64. The zero-order chi connectivity index (χ0) is 13.1. The van der Waals surface area contributed by atoms with Gasteiger partial charge in [-0.3, -0.25) is 9.59 Å². The van der Waals surface area contributed by atoms with Crippen LogP contribution in [0.1, 0.15) is 23.2 Å². The first kappa shape index (κ1) is 12.5. The van der Waals surface area contributed by atoms with Gasteiger partial charge in [-0.2, -0.15) is 0 Å². The van der Waals surface area contributed by atoms with Crippen LogP contribution in [0.5, 0.6) is 0 Å². The average molecular weight is 251 g/mol. The van der Waals surface area contributed by atoms with Gasteiger partial charge in [-0.05, 0) is 37.6 Å². The molecule has 2 rings (SSSR count). The van der Waals surface area contributed by atoms with Gasteiger partial charge < -0.3 is 16.4 Å². The number of carbonyl (C=O) groups excluding carboxylic acids is 2. The predicted octanol–water partition coefficient (Wildman–Crippen LogP) is 0.615. The number of nitrogens with one attached hydrogen (secondary N) is 2. The molecule has 1 atom stereocenters. The molecule has 18 heavy (non-hydrogen) atoms. The number of carbonyl (C=O) groups is 2. The minimum Gasteiger partial charge on any atom is -0.366 e. The molecule has 1 aliphatic rings. The van der Waals surface area contributed by atoms with Crippen LogP contribution in [0.3, 0.4) is 0 Å². The van der Waals surface area contributed by atoms with Gasteiger partial charge in [-0.1, -0.05) is 0 Å². The quantitative estimate of drug-likeness (QED) is 0.736. The minimum atomic E-state index is -0.663. The third-order valence-corrected chi connectivity index (χ3v) is 2.89. The van der Waals surface area contributed by atoms with Crippen molar-refractivity contribution in [1.82, 2.24) is 5.32 Å². The zero-order valence-electron chi connectivity index (χ0n) is 9.70. The van der Waals surface area contributed by atoms with Gasteiger partial charge in [-0.25, -0.2) is 4.39 Å². The van der Waals surface area contributed by atoms with Gasteiger partial charge >= 0.3 is 0 Å². The fourth-order valence-corrected chi connectivity index (χ4v) is 1.90. The molecule has 0 unspecified atom stereocenters. The van der Waals surface area contributed by atoms with Gasteiger partial charge in [0.25, 0.3) is 0 Å². The van der Waals surface area contributed by atoms with E-state index in [4.69, 9.17) is 5.73 Å². The highest BCUT2D eigenvalue weighted by atomic mass is 19.1. The number of nitrogens with two attached hydrogens (primary N) is 1. The third-order valence-electron chi connectivity index (χ3n) is 2.89. The number of hydrogen-bond donors (Lipinski definition) is 3. The van der Waals surface area contributed by atoms with Gasteiger partial charge in [0.1, 0.15) is 5.82 Å². The average Bonchev–Trinajstić information content (AvgIpc) is 2.85. The van der Waals surface area contributed by atoms with Gasteiger partial charge in [0, 0.05) is 5.56 Å². The molecule has 2 amide bonds. The molecule has 0 bridgehead atoms. The summed E-state index contributed by atoms with van der Waals surface area (Å²) in [5.41, 5.74) is 5.23. The maximum atomic E-state index is 13.5. The second kappa shape index (κ2) is 5.14. The molecule has 0 aliphatic carbocycles. The number of rotatable bonds is 3. The molecule has 1 saturated heterocycles. The number of halogens is 1. The van der Waals surface area contributed by atoms with Crippen molar-refractivity contribution < 1.29 is 14.0 Å². The van der Waals surface area contributed by atoms with Crippen molar-refractivity contribution in [3.8, 4) is 0 Å². The van der Waals surface area contributed by atoms with Gasteiger partial charge in [-0.15, -0.1) is 0 Å². The summed E-state index contributed by atoms with van der Waals surface area (Å²) in [5, 5.41) is 5.47. The molecular weight excluding hydrogens is 237 g/mol. The molecule has 4 N–H and O–H groups in total. The Hall–Kier alpha value is -1.95.